The van der Waals surface area contributed by atoms with Gasteiger partial charge in [0.15, 0.2) is 0 Å². The van der Waals surface area contributed by atoms with Crippen molar-refractivity contribution in [3.63, 3.8) is 0 Å². The Morgan fingerprint density at radius 2 is 1.97 bits per heavy atom. The summed E-state index contributed by atoms with van der Waals surface area (Å²) in [5, 5.41) is 18.0. The third kappa shape index (κ3) is 5.64. The van der Waals surface area contributed by atoms with Crippen LogP contribution in [0, 0.1) is 6.92 Å². The van der Waals surface area contributed by atoms with Gasteiger partial charge in [0.25, 0.3) is 11.6 Å². The molecule has 0 aliphatic carbocycles. The molecule has 4 heterocycles. The second-order valence-corrected chi connectivity index (χ2v) is 7.71. The number of halogens is 3. The number of rotatable bonds is 3. The minimum atomic E-state index is -5.08. The summed E-state index contributed by atoms with van der Waals surface area (Å²) >= 11 is 0. The number of hydrogen-bond donors (Lipinski definition) is 3. The van der Waals surface area contributed by atoms with Gasteiger partial charge in [-0.2, -0.15) is 13.2 Å². The SMILES string of the molecule is Cc1noc2nc(C(C)C)cc(C(=O)Nc3cnc4c(c3)CNCC4)c12.O=C(O)C(F)(F)F. The van der Waals surface area contributed by atoms with E-state index in [1.807, 2.05) is 32.9 Å². The number of anilines is 1. The number of nitrogens with zero attached hydrogens (tertiary/aromatic N) is 3. The second-order valence-electron chi connectivity index (χ2n) is 7.71. The summed E-state index contributed by atoms with van der Waals surface area (Å²) in [6.07, 6.45) is -2.46. The molecule has 0 bridgehead atoms. The number of carboxylic acid groups (broad SMARTS) is 1. The van der Waals surface area contributed by atoms with Crippen molar-refractivity contribution in [2.75, 3.05) is 11.9 Å². The fourth-order valence-electron chi connectivity index (χ4n) is 3.20. The van der Waals surface area contributed by atoms with E-state index in [4.69, 9.17) is 14.4 Å². The van der Waals surface area contributed by atoms with Gasteiger partial charge >= 0.3 is 12.1 Å². The average molecular weight is 465 g/mol. The molecule has 0 atom stereocenters. The highest BCUT2D eigenvalue weighted by Gasteiger charge is 2.38. The molecule has 0 spiro atoms. The maximum Gasteiger partial charge on any atom is 0.490 e. The Bertz CT molecular complexity index is 1190. The molecule has 3 aromatic rings. The first-order chi connectivity index (χ1) is 15.5. The maximum atomic E-state index is 13.0. The predicted molar refractivity (Wildman–Crippen MR) is 112 cm³/mol. The standard InChI is InChI=1S/C19H21N5O2.C2HF3O2/c1-10(2)16-7-14(17-11(3)24-26-19(17)23-16)18(25)22-13-6-12-8-20-5-4-15(12)21-9-13;3-2(4,5)1(6)7/h6-7,9-10,20H,4-5,8H2,1-3H3,(H,22,25);(H,6,7). The molecule has 0 fully saturated rings. The molecule has 3 N–H and O–H groups in total. The van der Waals surface area contributed by atoms with Crippen LogP contribution in [0.1, 0.15) is 52.8 Å². The molecule has 4 rings (SSSR count). The van der Waals surface area contributed by atoms with Gasteiger partial charge in [-0.05, 0) is 30.5 Å². The molecule has 0 aromatic carbocycles. The van der Waals surface area contributed by atoms with Crippen molar-refractivity contribution in [3.05, 3.63) is 46.5 Å². The second kappa shape index (κ2) is 9.53. The van der Waals surface area contributed by atoms with Crippen molar-refractivity contribution in [2.45, 2.75) is 45.8 Å². The number of amides is 1. The van der Waals surface area contributed by atoms with Gasteiger partial charge in [-0.3, -0.25) is 9.78 Å². The van der Waals surface area contributed by atoms with E-state index >= 15 is 0 Å². The van der Waals surface area contributed by atoms with Crippen LogP contribution >= 0.6 is 0 Å². The molecule has 12 heteroatoms. The van der Waals surface area contributed by atoms with Gasteiger partial charge < -0.3 is 20.3 Å². The number of fused-ring (bicyclic) bond motifs is 2. The molecule has 0 saturated heterocycles. The number of carbonyl (C=O) groups excluding carboxylic acids is 1. The van der Waals surface area contributed by atoms with Gasteiger partial charge in [0.2, 0.25) is 0 Å². The maximum absolute atomic E-state index is 13.0. The molecule has 1 aliphatic rings. The minimum absolute atomic E-state index is 0.174. The zero-order valence-corrected chi connectivity index (χ0v) is 18.1. The largest absolute Gasteiger partial charge is 0.490 e. The number of carbonyl (C=O) groups is 2. The summed E-state index contributed by atoms with van der Waals surface area (Å²) in [5.74, 6) is -2.79. The quantitative estimate of drug-likeness (QED) is 0.535. The monoisotopic (exact) mass is 465 g/mol. The van der Waals surface area contributed by atoms with Crippen molar-refractivity contribution < 1.29 is 32.4 Å². The number of nitrogens with one attached hydrogen (secondary N) is 2. The van der Waals surface area contributed by atoms with Crippen molar-refractivity contribution in [2.24, 2.45) is 0 Å². The minimum Gasteiger partial charge on any atom is -0.475 e. The van der Waals surface area contributed by atoms with Crippen LogP contribution in [-0.2, 0) is 17.8 Å². The van der Waals surface area contributed by atoms with Crippen molar-refractivity contribution in [1.29, 1.82) is 0 Å². The van der Waals surface area contributed by atoms with Crippen LogP contribution in [0.15, 0.2) is 22.9 Å². The van der Waals surface area contributed by atoms with Crippen LogP contribution in [-0.4, -0.2) is 44.8 Å². The van der Waals surface area contributed by atoms with Gasteiger partial charge in [-0.1, -0.05) is 19.0 Å². The average Bonchev–Trinajstić information content (AvgIpc) is 3.13. The Balaban J connectivity index is 0.000000383. The summed E-state index contributed by atoms with van der Waals surface area (Å²) in [7, 11) is 0. The van der Waals surface area contributed by atoms with Crippen LogP contribution in [0.25, 0.3) is 11.1 Å². The highest BCUT2D eigenvalue weighted by molar-refractivity contribution is 6.12. The molecule has 1 aliphatic heterocycles. The van der Waals surface area contributed by atoms with Crippen molar-refractivity contribution in [3.8, 4) is 0 Å². The van der Waals surface area contributed by atoms with Crippen molar-refractivity contribution >= 4 is 28.7 Å². The summed E-state index contributed by atoms with van der Waals surface area (Å²) in [6.45, 7) is 7.57. The first-order valence-corrected chi connectivity index (χ1v) is 10.0. The number of pyridine rings is 2. The fourth-order valence-corrected chi connectivity index (χ4v) is 3.20. The molecule has 3 aromatic heterocycles. The molecule has 33 heavy (non-hydrogen) atoms. The molecule has 0 radical (unpaired) electrons. The lowest BCUT2D eigenvalue weighted by atomic mass is 10.0. The topological polar surface area (TPSA) is 130 Å². The summed E-state index contributed by atoms with van der Waals surface area (Å²) in [5.41, 5.74) is 5.26. The Kier molecular flexibility index (Phi) is 6.96. The van der Waals surface area contributed by atoms with Gasteiger partial charge in [-0.15, -0.1) is 0 Å². The van der Waals surface area contributed by atoms with Gasteiger partial charge in [0.05, 0.1) is 28.5 Å². The van der Waals surface area contributed by atoms with Gasteiger partial charge in [-0.25, -0.2) is 9.78 Å². The number of aromatic nitrogens is 3. The van der Waals surface area contributed by atoms with E-state index in [-0.39, 0.29) is 11.8 Å². The molecule has 9 nitrogen and oxygen atoms in total. The van der Waals surface area contributed by atoms with E-state index in [9.17, 15) is 18.0 Å². The number of hydrogen-bond acceptors (Lipinski definition) is 7. The lowest BCUT2D eigenvalue weighted by Crippen LogP contribution is -2.25. The van der Waals surface area contributed by atoms with Crippen LogP contribution < -0.4 is 10.6 Å². The van der Waals surface area contributed by atoms with E-state index < -0.39 is 12.1 Å². The number of aryl methyl sites for hydroxylation is 1. The Morgan fingerprint density at radius 1 is 1.27 bits per heavy atom. The first-order valence-electron chi connectivity index (χ1n) is 10.0. The predicted octanol–water partition coefficient (Wildman–Crippen LogP) is 3.58. The van der Waals surface area contributed by atoms with E-state index in [0.29, 0.717) is 28.0 Å². The third-order valence-corrected chi connectivity index (χ3v) is 4.89. The Morgan fingerprint density at radius 3 is 2.61 bits per heavy atom. The Hall–Kier alpha value is -3.54. The summed E-state index contributed by atoms with van der Waals surface area (Å²) in [4.78, 5) is 30.8. The van der Waals surface area contributed by atoms with Crippen LogP contribution in [0.4, 0.5) is 18.9 Å². The van der Waals surface area contributed by atoms with Crippen LogP contribution in [0.3, 0.4) is 0 Å². The van der Waals surface area contributed by atoms with E-state index in [2.05, 4.69) is 25.8 Å². The highest BCUT2D eigenvalue weighted by atomic mass is 19.4. The van der Waals surface area contributed by atoms with Crippen LogP contribution in [0.5, 0.6) is 0 Å². The first kappa shape index (κ1) is 24.1. The number of alkyl halides is 3. The summed E-state index contributed by atoms with van der Waals surface area (Å²) < 4.78 is 37.0. The van der Waals surface area contributed by atoms with E-state index in [1.54, 1.807) is 6.20 Å². The fraction of sp³-hybridized carbons (Fsp3) is 0.381. The molecule has 1 amide bonds. The molecule has 176 valence electrons. The molecular weight excluding hydrogens is 443 g/mol. The molecule has 0 saturated carbocycles. The van der Waals surface area contributed by atoms with Gasteiger partial charge in [0, 0.05) is 30.9 Å². The van der Waals surface area contributed by atoms with Crippen LogP contribution in [0.2, 0.25) is 0 Å². The molecule has 0 unspecified atom stereocenters. The number of carboxylic acids is 1. The Labute approximate surface area is 186 Å². The van der Waals surface area contributed by atoms with Gasteiger partial charge in [0.1, 0.15) is 0 Å². The summed E-state index contributed by atoms with van der Waals surface area (Å²) in [6, 6.07) is 3.80. The lowest BCUT2D eigenvalue weighted by Gasteiger charge is -2.17. The highest BCUT2D eigenvalue weighted by Crippen LogP contribution is 2.26. The third-order valence-electron chi connectivity index (χ3n) is 4.89. The smallest absolute Gasteiger partial charge is 0.475 e. The zero-order valence-electron chi connectivity index (χ0n) is 18.1. The van der Waals surface area contributed by atoms with Crippen molar-refractivity contribution in [1.82, 2.24) is 20.4 Å². The molecular formula is C21H22F3N5O4. The zero-order chi connectivity index (χ0) is 24.3. The van der Waals surface area contributed by atoms with E-state index in [1.165, 1.54) is 0 Å². The normalized spacial score (nSPS) is 13.3. The number of aliphatic carboxylic acids is 1. The van der Waals surface area contributed by atoms with E-state index in [0.717, 1.165) is 36.5 Å². The lowest BCUT2D eigenvalue weighted by molar-refractivity contribution is -0.192.